The van der Waals surface area contributed by atoms with Crippen molar-refractivity contribution in [3.63, 3.8) is 0 Å². The number of aromatic nitrogens is 3. The smallest absolute Gasteiger partial charge is 0.288 e. The predicted molar refractivity (Wildman–Crippen MR) is 84.5 cm³/mol. The lowest BCUT2D eigenvalue weighted by Gasteiger charge is -2.10. The van der Waals surface area contributed by atoms with Gasteiger partial charge in [-0.05, 0) is 24.3 Å². The van der Waals surface area contributed by atoms with Gasteiger partial charge in [0.2, 0.25) is 5.91 Å². The molecule has 3 rings (SSSR count). The van der Waals surface area contributed by atoms with Crippen LogP contribution in [0.1, 0.15) is 0 Å². The lowest BCUT2D eigenvalue weighted by molar-refractivity contribution is -0.116. The quantitative estimate of drug-likeness (QED) is 0.727. The van der Waals surface area contributed by atoms with Crippen LogP contribution in [0.15, 0.2) is 53.4 Å². The largest absolute Gasteiger partial charge is 0.323 e. The van der Waals surface area contributed by atoms with Crippen LogP contribution >= 0.6 is 11.8 Å². The molecule has 0 bridgehead atoms. The number of fused-ring (bicyclic) bond motifs is 1. The molecule has 0 unspecified atom stereocenters. The molecule has 118 valence electrons. The summed E-state index contributed by atoms with van der Waals surface area (Å²) in [5, 5.41) is 10.5. The van der Waals surface area contributed by atoms with Gasteiger partial charge in [-0.3, -0.25) is 4.79 Å². The summed E-state index contributed by atoms with van der Waals surface area (Å²) in [5.74, 6) is -2.91. The molecule has 1 heterocycles. The van der Waals surface area contributed by atoms with E-state index in [9.17, 15) is 13.6 Å². The molecule has 3 aromatic rings. The molecule has 2 aromatic carbocycles. The summed E-state index contributed by atoms with van der Waals surface area (Å²) >= 11 is 0.395. The normalized spacial score (nSPS) is 11.1. The number of hydrogen-bond acceptors (Lipinski definition) is 4. The number of para-hydroxylation sites is 2. The van der Waals surface area contributed by atoms with E-state index >= 15 is 0 Å². The Morgan fingerprint density at radius 2 is 1.91 bits per heavy atom. The average Bonchev–Trinajstić information content (AvgIpc) is 2.92. The second-order valence-electron chi connectivity index (χ2n) is 4.66. The van der Waals surface area contributed by atoms with Gasteiger partial charge in [0.15, 0.2) is 0 Å². The lowest BCUT2D eigenvalue weighted by Crippen LogP contribution is -2.20. The van der Waals surface area contributed by atoms with E-state index in [2.05, 4.69) is 15.6 Å². The number of alkyl halides is 2. The first-order valence-corrected chi connectivity index (χ1v) is 7.63. The van der Waals surface area contributed by atoms with Gasteiger partial charge in [0.05, 0.1) is 11.2 Å². The van der Waals surface area contributed by atoms with Gasteiger partial charge in [-0.15, -0.1) is 5.10 Å². The van der Waals surface area contributed by atoms with E-state index in [1.807, 2.05) is 18.2 Å². The maximum Gasteiger partial charge on any atom is 0.288 e. The Balaban J connectivity index is 1.75. The van der Waals surface area contributed by atoms with Crippen molar-refractivity contribution in [1.29, 1.82) is 0 Å². The van der Waals surface area contributed by atoms with Crippen LogP contribution in [0.3, 0.4) is 0 Å². The van der Waals surface area contributed by atoms with Crippen LogP contribution in [0.4, 0.5) is 14.5 Å². The first-order chi connectivity index (χ1) is 11.1. The first kappa shape index (κ1) is 15.4. The highest BCUT2D eigenvalue weighted by Crippen LogP contribution is 2.31. The highest BCUT2D eigenvalue weighted by atomic mass is 32.2. The van der Waals surface area contributed by atoms with Crippen molar-refractivity contribution in [1.82, 2.24) is 15.0 Å². The highest BCUT2D eigenvalue weighted by Gasteiger charge is 2.13. The fraction of sp³-hybridized carbons (Fsp3) is 0.133. The minimum absolute atomic E-state index is 0.0474. The molecular weight excluding hydrogens is 322 g/mol. The van der Waals surface area contributed by atoms with E-state index in [1.165, 1.54) is 10.7 Å². The zero-order valence-electron chi connectivity index (χ0n) is 11.8. The second kappa shape index (κ2) is 6.74. The van der Waals surface area contributed by atoms with Crippen LogP contribution in [0, 0.1) is 0 Å². The Bertz CT molecular complexity index is 837. The van der Waals surface area contributed by atoms with Gasteiger partial charge in [-0.25, -0.2) is 4.68 Å². The summed E-state index contributed by atoms with van der Waals surface area (Å²) in [5.41, 5.74) is 1.78. The number of carbonyl (C=O) groups excluding carboxylic acids is 1. The van der Waals surface area contributed by atoms with Gasteiger partial charge >= 0.3 is 0 Å². The number of rotatable bonds is 5. The van der Waals surface area contributed by atoms with E-state index in [1.54, 1.807) is 24.3 Å². The molecule has 0 aliphatic carbocycles. The molecule has 0 fully saturated rings. The van der Waals surface area contributed by atoms with E-state index in [4.69, 9.17) is 0 Å². The monoisotopic (exact) mass is 334 g/mol. The van der Waals surface area contributed by atoms with Gasteiger partial charge in [-0.1, -0.05) is 41.2 Å². The predicted octanol–water partition coefficient (Wildman–Crippen LogP) is 3.38. The van der Waals surface area contributed by atoms with Crippen molar-refractivity contribution in [2.24, 2.45) is 0 Å². The average molecular weight is 334 g/mol. The number of amides is 1. The van der Waals surface area contributed by atoms with E-state index in [0.29, 0.717) is 27.9 Å². The van der Waals surface area contributed by atoms with Crippen molar-refractivity contribution in [3.8, 4) is 0 Å². The standard InChI is InChI=1S/C15H12F2N4OS/c16-15(17)23-13-8-4-2-6-11(13)18-14(22)9-21-12-7-3-1-5-10(12)19-20-21/h1-8,15H,9H2,(H,18,22). The zero-order valence-corrected chi connectivity index (χ0v) is 12.6. The third-order valence-electron chi connectivity index (χ3n) is 3.09. The Kier molecular flexibility index (Phi) is 4.52. The van der Waals surface area contributed by atoms with Gasteiger partial charge in [0.1, 0.15) is 12.1 Å². The van der Waals surface area contributed by atoms with Crippen LogP contribution in [-0.2, 0) is 11.3 Å². The fourth-order valence-corrected chi connectivity index (χ4v) is 2.72. The first-order valence-electron chi connectivity index (χ1n) is 6.75. The van der Waals surface area contributed by atoms with E-state index in [-0.39, 0.29) is 12.5 Å². The van der Waals surface area contributed by atoms with Gasteiger partial charge in [-0.2, -0.15) is 8.78 Å². The van der Waals surface area contributed by atoms with E-state index in [0.717, 1.165) is 5.52 Å². The second-order valence-corrected chi connectivity index (χ2v) is 5.69. The topological polar surface area (TPSA) is 59.8 Å². The van der Waals surface area contributed by atoms with Crippen LogP contribution in [0.5, 0.6) is 0 Å². The molecule has 0 saturated heterocycles. The minimum atomic E-state index is -2.55. The Labute approximate surface area is 134 Å². The number of nitrogens with zero attached hydrogens (tertiary/aromatic N) is 3. The van der Waals surface area contributed by atoms with Crippen molar-refractivity contribution in [3.05, 3.63) is 48.5 Å². The van der Waals surface area contributed by atoms with Crippen LogP contribution < -0.4 is 5.32 Å². The molecule has 0 aliphatic heterocycles. The number of anilines is 1. The summed E-state index contributed by atoms with van der Waals surface area (Å²) in [6.07, 6.45) is 0. The molecule has 0 aliphatic rings. The molecule has 5 nitrogen and oxygen atoms in total. The Morgan fingerprint density at radius 1 is 1.17 bits per heavy atom. The van der Waals surface area contributed by atoms with Gasteiger partial charge in [0, 0.05) is 4.90 Å². The van der Waals surface area contributed by atoms with Crippen LogP contribution in [-0.4, -0.2) is 26.7 Å². The summed E-state index contributed by atoms with van der Waals surface area (Å²) in [4.78, 5) is 12.5. The van der Waals surface area contributed by atoms with Crippen LogP contribution in [0.2, 0.25) is 0 Å². The molecule has 0 atom stereocenters. The molecule has 1 N–H and O–H groups in total. The Morgan fingerprint density at radius 3 is 2.74 bits per heavy atom. The summed E-state index contributed by atoms with van der Waals surface area (Å²) < 4.78 is 26.6. The summed E-state index contributed by atoms with van der Waals surface area (Å²) in [7, 11) is 0. The third kappa shape index (κ3) is 3.65. The fourth-order valence-electron chi connectivity index (χ4n) is 2.13. The van der Waals surface area contributed by atoms with Crippen molar-refractivity contribution in [2.45, 2.75) is 17.2 Å². The van der Waals surface area contributed by atoms with Crippen molar-refractivity contribution < 1.29 is 13.6 Å². The molecule has 1 amide bonds. The molecule has 0 spiro atoms. The number of benzene rings is 2. The number of nitrogens with one attached hydrogen (secondary N) is 1. The maximum atomic E-state index is 12.5. The highest BCUT2D eigenvalue weighted by molar-refractivity contribution is 7.99. The summed E-state index contributed by atoms with van der Waals surface area (Å²) in [6, 6.07) is 13.7. The SMILES string of the molecule is O=C(Cn1nnc2ccccc21)Nc1ccccc1SC(F)F. The minimum Gasteiger partial charge on any atom is -0.323 e. The molecule has 1 aromatic heterocycles. The summed E-state index contributed by atoms with van der Waals surface area (Å²) in [6.45, 7) is -0.0474. The molecule has 0 saturated carbocycles. The molecule has 8 heteroatoms. The lowest BCUT2D eigenvalue weighted by atomic mass is 10.3. The van der Waals surface area contributed by atoms with Crippen molar-refractivity contribution >= 4 is 34.4 Å². The van der Waals surface area contributed by atoms with Gasteiger partial charge in [0.25, 0.3) is 5.76 Å². The number of carbonyl (C=O) groups is 1. The number of thioether (sulfide) groups is 1. The van der Waals surface area contributed by atoms with E-state index < -0.39 is 5.76 Å². The van der Waals surface area contributed by atoms with Crippen molar-refractivity contribution in [2.75, 3.05) is 5.32 Å². The maximum absolute atomic E-state index is 12.5. The molecular formula is C15H12F2N4OS. The molecule has 23 heavy (non-hydrogen) atoms. The van der Waals surface area contributed by atoms with Gasteiger partial charge < -0.3 is 5.32 Å². The third-order valence-corrected chi connectivity index (χ3v) is 3.88. The van der Waals surface area contributed by atoms with Crippen LogP contribution in [0.25, 0.3) is 11.0 Å². The molecule has 0 radical (unpaired) electrons. The zero-order chi connectivity index (χ0) is 16.2. The Hall–Kier alpha value is -2.48. The number of halogens is 2. The number of hydrogen-bond donors (Lipinski definition) is 1.